The summed E-state index contributed by atoms with van der Waals surface area (Å²) < 4.78 is 24.5. The molecule has 0 aromatic carbocycles. The van der Waals surface area contributed by atoms with Gasteiger partial charge in [0.15, 0.2) is 12.2 Å². The maximum atomic E-state index is 12.7. The topological polar surface area (TPSA) is 94.6 Å². The van der Waals surface area contributed by atoms with E-state index < -0.39 is 46.7 Å². The highest BCUT2D eigenvalue weighted by Gasteiger charge is 2.86. The molecule has 0 aromatic rings. The SMILES string of the molecule is CC1=CC2OC3C(OC(=O)CCCCl)C(OC(=O)CCCCl)C(C)(C2(CO)CC1)C31CO1. The standard InChI is InChI=1S/C23H32Cl2O7/c1-14-7-8-22(12-26)15(11-14)30-20-18(31-16(27)5-3-9-24)19(32-17(28)6-4-10-25)21(22,2)23(20)13-29-23/h11,15,18-20,26H,3-10,12-13H2,1-2H3. The molecule has 9 heteroatoms. The van der Waals surface area contributed by atoms with Crippen LogP contribution in [0, 0.1) is 10.8 Å². The van der Waals surface area contributed by atoms with E-state index in [1.54, 1.807) is 0 Å². The highest BCUT2D eigenvalue weighted by molar-refractivity contribution is 6.18. The lowest BCUT2D eigenvalue weighted by atomic mass is 9.51. The Balaban J connectivity index is 1.74. The van der Waals surface area contributed by atoms with E-state index in [0.29, 0.717) is 37.6 Å². The van der Waals surface area contributed by atoms with Crippen molar-refractivity contribution in [2.24, 2.45) is 10.8 Å². The lowest BCUT2D eigenvalue weighted by molar-refractivity contribution is -0.230. The first-order valence-electron chi connectivity index (χ1n) is 11.4. The number of allylic oxidation sites excluding steroid dienone is 1. The highest BCUT2D eigenvalue weighted by Crippen LogP contribution is 2.72. The van der Waals surface area contributed by atoms with Crippen LogP contribution in [0.2, 0.25) is 0 Å². The van der Waals surface area contributed by atoms with Crippen LogP contribution in [0.5, 0.6) is 0 Å². The Morgan fingerprint density at radius 3 is 2.38 bits per heavy atom. The van der Waals surface area contributed by atoms with Gasteiger partial charge in [0.2, 0.25) is 0 Å². The van der Waals surface area contributed by atoms with E-state index in [4.69, 9.17) is 42.1 Å². The molecule has 7 atom stereocenters. The van der Waals surface area contributed by atoms with Gasteiger partial charge in [0.05, 0.1) is 24.7 Å². The molecule has 7 unspecified atom stereocenters. The summed E-state index contributed by atoms with van der Waals surface area (Å²) >= 11 is 11.5. The van der Waals surface area contributed by atoms with Crippen molar-refractivity contribution in [3.8, 4) is 0 Å². The molecule has 1 saturated carbocycles. The Hall–Kier alpha value is -0.860. The van der Waals surface area contributed by atoms with Crippen LogP contribution in [-0.2, 0) is 28.5 Å². The summed E-state index contributed by atoms with van der Waals surface area (Å²) in [6.07, 6.45) is 2.20. The molecule has 32 heavy (non-hydrogen) atoms. The summed E-state index contributed by atoms with van der Waals surface area (Å²) in [6.45, 7) is 4.29. The van der Waals surface area contributed by atoms with Gasteiger partial charge in [0, 0.05) is 30.0 Å². The predicted octanol–water partition coefficient (Wildman–Crippen LogP) is 3.12. The number of aliphatic hydroxyl groups excluding tert-OH is 1. The van der Waals surface area contributed by atoms with Gasteiger partial charge in [0.25, 0.3) is 0 Å². The normalized spacial score (nSPS) is 41.7. The molecule has 2 bridgehead atoms. The lowest BCUT2D eigenvalue weighted by Crippen LogP contribution is -2.66. The minimum Gasteiger partial charge on any atom is -0.458 e. The number of epoxide rings is 1. The second-order valence-electron chi connectivity index (χ2n) is 9.64. The zero-order valence-corrected chi connectivity index (χ0v) is 20.1. The number of hydrogen-bond donors (Lipinski definition) is 1. The molecule has 180 valence electrons. The molecule has 0 aromatic heterocycles. The summed E-state index contributed by atoms with van der Waals surface area (Å²) in [6, 6.07) is 0. The van der Waals surface area contributed by atoms with E-state index >= 15 is 0 Å². The van der Waals surface area contributed by atoms with Gasteiger partial charge >= 0.3 is 11.9 Å². The lowest BCUT2D eigenvalue weighted by Gasteiger charge is -2.57. The monoisotopic (exact) mass is 490 g/mol. The van der Waals surface area contributed by atoms with Gasteiger partial charge in [-0.3, -0.25) is 9.59 Å². The smallest absolute Gasteiger partial charge is 0.306 e. The van der Waals surface area contributed by atoms with Gasteiger partial charge in [-0.05, 0) is 32.6 Å². The minimum absolute atomic E-state index is 0.154. The molecule has 1 spiro atoms. The third-order valence-electron chi connectivity index (χ3n) is 8.07. The van der Waals surface area contributed by atoms with Gasteiger partial charge in [-0.1, -0.05) is 18.6 Å². The quantitative estimate of drug-likeness (QED) is 0.229. The summed E-state index contributed by atoms with van der Waals surface area (Å²) in [4.78, 5) is 25.3. The van der Waals surface area contributed by atoms with E-state index in [1.165, 1.54) is 5.57 Å². The van der Waals surface area contributed by atoms with Gasteiger partial charge in [-0.25, -0.2) is 0 Å². The fourth-order valence-electron chi connectivity index (χ4n) is 6.14. The van der Waals surface area contributed by atoms with Crippen molar-refractivity contribution in [1.82, 2.24) is 0 Å². The van der Waals surface area contributed by atoms with E-state index in [-0.39, 0.29) is 25.6 Å². The number of carbonyl (C=O) groups is 2. The van der Waals surface area contributed by atoms with Crippen LogP contribution < -0.4 is 0 Å². The molecule has 3 fully saturated rings. The maximum absolute atomic E-state index is 12.7. The van der Waals surface area contributed by atoms with Crippen LogP contribution in [0.3, 0.4) is 0 Å². The number of aliphatic hydroxyl groups is 1. The van der Waals surface area contributed by atoms with E-state index in [2.05, 4.69) is 0 Å². The van der Waals surface area contributed by atoms with Gasteiger partial charge in [-0.2, -0.15) is 0 Å². The van der Waals surface area contributed by atoms with Crippen molar-refractivity contribution in [2.45, 2.75) is 82.4 Å². The summed E-state index contributed by atoms with van der Waals surface area (Å²) in [5.41, 5.74) is -1.12. The molecular formula is C23H32Cl2O7. The first-order chi connectivity index (χ1) is 15.3. The maximum Gasteiger partial charge on any atom is 0.306 e. The Bertz CT molecular complexity index is 782. The summed E-state index contributed by atoms with van der Waals surface area (Å²) in [5.74, 6) is -0.129. The first kappa shape index (κ1) is 24.3. The van der Waals surface area contributed by atoms with Gasteiger partial charge in [0.1, 0.15) is 11.7 Å². The number of ether oxygens (including phenoxy) is 4. The third-order valence-corrected chi connectivity index (χ3v) is 8.60. The fourth-order valence-corrected chi connectivity index (χ4v) is 6.41. The average Bonchev–Trinajstić information content (AvgIpc) is 3.56. The van der Waals surface area contributed by atoms with Gasteiger partial charge < -0.3 is 24.1 Å². The average molecular weight is 491 g/mol. The molecule has 2 saturated heterocycles. The molecule has 7 nitrogen and oxygen atoms in total. The molecular weight excluding hydrogens is 459 g/mol. The van der Waals surface area contributed by atoms with Crippen molar-refractivity contribution < 1.29 is 33.6 Å². The Labute approximate surface area is 198 Å². The summed E-state index contributed by atoms with van der Waals surface area (Å²) in [7, 11) is 0. The third kappa shape index (κ3) is 3.50. The fraction of sp³-hybridized carbons (Fsp3) is 0.826. The molecule has 2 aliphatic heterocycles. The largest absolute Gasteiger partial charge is 0.458 e. The Morgan fingerprint density at radius 1 is 1.19 bits per heavy atom. The van der Waals surface area contributed by atoms with Gasteiger partial charge in [-0.15, -0.1) is 23.2 Å². The number of fused-ring (bicyclic) bond motifs is 2. The first-order valence-corrected chi connectivity index (χ1v) is 12.4. The van der Waals surface area contributed by atoms with Crippen molar-refractivity contribution in [1.29, 1.82) is 0 Å². The molecule has 4 aliphatic rings. The molecule has 2 aliphatic carbocycles. The number of hydrogen-bond acceptors (Lipinski definition) is 7. The number of carbonyl (C=O) groups excluding carboxylic acids is 2. The van der Waals surface area contributed by atoms with Crippen LogP contribution in [-0.4, -0.2) is 72.0 Å². The second kappa shape index (κ2) is 9.06. The van der Waals surface area contributed by atoms with E-state index in [9.17, 15) is 14.7 Å². The van der Waals surface area contributed by atoms with Crippen LogP contribution in [0.15, 0.2) is 11.6 Å². The molecule has 2 heterocycles. The zero-order valence-electron chi connectivity index (χ0n) is 18.6. The highest BCUT2D eigenvalue weighted by atomic mass is 35.5. The van der Waals surface area contributed by atoms with Crippen molar-refractivity contribution in [3.05, 3.63) is 11.6 Å². The van der Waals surface area contributed by atoms with Crippen molar-refractivity contribution >= 4 is 35.1 Å². The summed E-state index contributed by atoms with van der Waals surface area (Å²) in [5, 5.41) is 10.7. The van der Waals surface area contributed by atoms with Crippen LogP contribution in [0.4, 0.5) is 0 Å². The number of halogens is 2. The second-order valence-corrected chi connectivity index (χ2v) is 10.4. The number of esters is 2. The molecule has 0 radical (unpaired) electrons. The molecule has 4 rings (SSSR count). The van der Waals surface area contributed by atoms with E-state index in [1.807, 2.05) is 19.9 Å². The predicted molar refractivity (Wildman–Crippen MR) is 118 cm³/mol. The van der Waals surface area contributed by atoms with E-state index in [0.717, 1.165) is 6.42 Å². The number of rotatable bonds is 9. The van der Waals surface area contributed by atoms with Crippen molar-refractivity contribution in [3.63, 3.8) is 0 Å². The van der Waals surface area contributed by atoms with Crippen LogP contribution in [0.1, 0.15) is 52.4 Å². The van der Waals surface area contributed by atoms with Crippen LogP contribution in [0.25, 0.3) is 0 Å². The minimum atomic E-state index is -0.826. The molecule has 1 N–H and O–H groups in total. The number of alkyl halides is 2. The molecule has 0 amide bonds. The Morgan fingerprint density at radius 2 is 1.81 bits per heavy atom. The Kier molecular flexibility index (Phi) is 6.87. The zero-order chi connectivity index (χ0) is 23.1. The van der Waals surface area contributed by atoms with Crippen molar-refractivity contribution in [2.75, 3.05) is 25.0 Å². The van der Waals surface area contributed by atoms with Crippen LogP contribution >= 0.6 is 23.2 Å².